The monoisotopic (exact) mass is 439 g/mol. The Kier molecular flexibility index (Phi) is 6.58. The van der Waals surface area contributed by atoms with Crippen molar-refractivity contribution in [3.8, 4) is 11.4 Å². The summed E-state index contributed by atoms with van der Waals surface area (Å²) in [5.41, 5.74) is 1.99. The maximum atomic E-state index is 13.4. The van der Waals surface area contributed by atoms with E-state index in [-0.39, 0.29) is 23.3 Å². The fourth-order valence-corrected chi connectivity index (χ4v) is 4.45. The van der Waals surface area contributed by atoms with Crippen LogP contribution in [0.5, 0.6) is 5.75 Å². The van der Waals surface area contributed by atoms with E-state index in [1.54, 1.807) is 19.2 Å². The molecule has 31 heavy (non-hydrogen) atoms. The molecule has 1 fully saturated rings. The number of para-hydroxylation sites is 1. The number of benzene rings is 2. The minimum absolute atomic E-state index is 0.0856. The molecule has 1 aliphatic heterocycles. The van der Waals surface area contributed by atoms with E-state index in [9.17, 15) is 9.59 Å². The highest BCUT2D eigenvalue weighted by molar-refractivity contribution is 7.99. The maximum absolute atomic E-state index is 13.4. The molecule has 0 bridgehead atoms. The molecule has 1 saturated heterocycles. The van der Waals surface area contributed by atoms with Gasteiger partial charge in [0.2, 0.25) is 5.91 Å². The summed E-state index contributed by atoms with van der Waals surface area (Å²) >= 11 is 1.23. The molecular formula is C23H25N3O4S. The van der Waals surface area contributed by atoms with Crippen molar-refractivity contribution in [2.24, 2.45) is 0 Å². The van der Waals surface area contributed by atoms with E-state index < -0.39 is 0 Å². The van der Waals surface area contributed by atoms with Gasteiger partial charge in [-0.05, 0) is 49.6 Å². The Hall–Kier alpha value is -2.84. The van der Waals surface area contributed by atoms with E-state index in [1.165, 1.54) is 16.3 Å². The van der Waals surface area contributed by atoms with E-state index in [2.05, 4.69) is 5.32 Å². The van der Waals surface area contributed by atoms with Crippen LogP contribution in [-0.2, 0) is 9.53 Å². The second kappa shape index (κ2) is 9.53. The van der Waals surface area contributed by atoms with Gasteiger partial charge in [-0.1, -0.05) is 30.0 Å². The number of hydrogen-bond donors (Lipinski definition) is 1. The van der Waals surface area contributed by atoms with Gasteiger partial charge in [-0.3, -0.25) is 14.2 Å². The zero-order chi connectivity index (χ0) is 21.8. The van der Waals surface area contributed by atoms with Crippen LogP contribution < -0.4 is 15.6 Å². The number of ether oxygens (including phenoxy) is 2. The number of rotatable bonds is 7. The maximum Gasteiger partial charge on any atom is 0.266 e. The summed E-state index contributed by atoms with van der Waals surface area (Å²) in [5.74, 6) is 0.589. The Balaban J connectivity index is 1.67. The van der Waals surface area contributed by atoms with Crippen molar-refractivity contribution in [2.45, 2.75) is 31.0 Å². The van der Waals surface area contributed by atoms with Crippen molar-refractivity contribution in [1.29, 1.82) is 0 Å². The van der Waals surface area contributed by atoms with Gasteiger partial charge in [0, 0.05) is 13.2 Å². The van der Waals surface area contributed by atoms with Gasteiger partial charge in [0.15, 0.2) is 5.16 Å². The molecular weight excluding hydrogens is 414 g/mol. The average molecular weight is 440 g/mol. The van der Waals surface area contributed by atoms with Crippen molar-refractivity contribution in [3.63, 3.8) is 0 Å². The third-order valence-electron chi connectivity index (χ3n) is 5.20. The third kappa shape index (κ3) is 4.75. The smallest absolute Gasteiger partial charge is 0.266 e. The van der Waals surface area contributed by atoms with Crippen LogP contribution in [0.1, 0.15) is 18.4 Å². The molecule has 4 rings (SSSR count). The van der Waals surface area contributed by atoms with Crippen molar-refractivity contribution in [2.75, 3.05) is 26.0 Å². The zero-order valence-electron chi connectivity index (χ0n) is 17.6. The Bertz CT molecular complexity index is 1160. The molecule has 2 heterocycles. The number of methoxy groups -OCH3 is 1. The second-order valence-electron chi connectivity index (χ2n) is 7.46. The zero-order valence-corrected chi connectivity index (χ0v) is 18.4. The van der Waals surface area contributed by atoms with Crippen LogP contribution in [0.3, 0.4) is 0 Å². The van der Waals surface area contributed by atoms with Gasteiger partial charge in [0.05, 0.1) is 35.6 Å². The number of amides is 1. The van der Waals surface area contributed by atoms with Gasteiger partial charge < -0.3 is 14.8 Å². The number of fused-ring (bicyclic) bond motifs is 1. The van der Waals surface area contributed by atoms with Crippen LogP contribution in [-0.4, -0.2) is 47.6 Å². The van der Waals surface area contributed by atoms with Crippen molar-refractivity contribution >= 4 is 28.6 Å². The molecule has 1 aliphatic rings. The second-order valence-corrected chi connectivity index (χ2v) is 8.40. The molecule has 162 valence electrons. The Morgan fingerprint density at radius 2 is 2.16 bits per heavy atom. The summed E-state index contributed by atoms with van der Waals surface area (Å²) in [6.07, 6.45) is 2.08. The number of thioether (sulfide) groups is 1. The highest BCUT2D eigenvalue weighted by Crippen LogP contribution is 2.28. The van der Waals surface area contributed by atoms with Crippen LogP contribution in [0, 0.1) is 6.92 Å². The fourth-order valence-electron chi connectivity index (χ4n) is 3.61. The molecule has 0 saturated carbocycles. The van der Waals surface area contributed by atoms with Crippen LogP contribution in [0.4, 0.5) is 0 Å². The molecule has 1 N–H and O–H groups in total. The first-order valence-corrected chi connectivity index (χ1v) is 11.2. The molecule has 0 spiro atoms. The van der Waals surface area contributed by atoms with Crippen molar-refractivity contribution < 1.29 is 14.3 Å². The summed E-state index contributed by atoms with van der Waals surface area (Å²) in [7, 11) is 1.57. The minimum atomic E-state index is -0.197. The first-order chi connectivity index (χ1) is 15.1. The fraction of sp³-hybridized carbons (Fsp3) is 0.348. The van der Waals surface area contributed by atoms with Gasteiger partial charge in [-0.15, -0.1) is 0 Å². The molecule has 2 aromatic carbocycles. The Morgan fingerprint density at radius 1 is 1.32 bits per heavy atom. The lowest BCUT2D eigenvalue weighted by Gasteiger charge is -2.16. The molecule has 1 amide bonds. The van der Waals surface area contributed by atoms with Gasteiger partial charge >= 0.3 is 0 Å². The standard InChI is InChI=1S/C23H25N3O4S/c1-15-9-10-20(29-2)19(12-15)26-22(28)17-7-3-4-8-18(17)25-23(26)31-14-21(27)24-13-16-6-5-11-30-16/h3-4,7-10,12,16H,5-6,11,13-14H2,1-2H3,(H,24,27)/t16-/m1/s1. The normalized spacial score (nSPS) is 15.9. The van der Waals surface area contributed by atoms with Gasteiger partial charge in [0.25, 0.3) is 5.56 Å². The summed E-state index contributed by atoms with van der Waals surface area (Å²) in [6, 6.07) is 12.9. The SMILES string of the molecule is COc1ccc(C)cc1-n1c(SCC(=O)NC[C@H]2CCCO2)nc2ccccc2c1=O. The average Bonchev–Trinajstić information content (AvgIpc) is 3.30. The van der Waals surface area contributed by atoms with Gasteiger partial charge in [-0.25, -0.2) is 4.98 Å². The highest BCUT2D eigenvalue weighted by Gasteiger charge is 2.19. The predicted molar refractivity (Wildman–Crippen MR) is 121 cm³/mol. The number of carbonyl (C=O) groups excluding carboxylic acids is 1. The molecule has 8 heteroatoms. The molecule has 0 radical (unpaired) electrons. The Labute approximate surface area is 184 Å². The number of aryl methyl sites for hydroxylation is 1. The number of carbonyl (C=O) groups is 1. The summed E-state index contributed by atoms with van der Waals surface area (Å²) in [6.45, 7) is 3.21. The first-order valence-electron chi connectivity index (χ1n) is 10.2. The van der Waals surface area contributed by atoms with Crippen LogP contribution in [0.15, 0.2) is 52.4 Å². The molecule has 1 atom stereocenters. The largest absolute Gasteiger partial charge is 0.495 e. The van der Waals surface area contributed by atoms with Crippen LogP contribution >= 0.6 is 11.8 Å². The lowest BCUT2D eigenvalue weighted by molar-refractivity contribution is -0.119. The quantitative estimate of drug-likeness (QED) is 0.450. The highest BCUT2D eigenvalue weighted by atomic mass is 32.2. The van der Waals surface area contributed by atoms with Crippen molar-refractivity contribution in [1.82, 2.24) is 14.9 Å². The number of aromatic nitrogens is 2. The third-order valence-corrected chi connectivity index (χ3v) is 6.14. The van der Waals surface area contributed by atoms with Crippen LogP contribution in [0.2, 0.25) is 0 Å². The molecule has 7 nitrogen and oxygen atoms in total. The lowest BCUT2D eigenvalue weighted by atomic mass is 10.2. The number of nitrogens with zero attached hydrogens (tertiary/aromatic N) is 2. The Morgan fingerprint density at radius 3 is 2.94 bits per heavy atom. The summed E-state index contributed by atoms with van der Waals surface area (Å²) in [5, 5.41) is 3.87. The van der Waals surface area contributed by atoms with E-state index in [0.717, 1.165) is 25.0 Å². The lowest BCUT2D eigenvalue weighted by Crippen LogP contribution is -2.33. The molecule has 0 aliphatic carbocycles. The minimum Gasteiger partial charge on any atom is -0.495 e. The van der Waals surface area contributed by atoms with Gasteiger partial charge in [0.1, 0.15) is 5.75 Å². The first kappa shape index (κ1) is 21.4. The van der Waals surface area contributed by atoms with E-state index in [0.29, 0.717) is 34.0 Å². The number of nitrogens with one attached hydrogen (secondary N) is 1. The van der Waals surface area contributed by atoms with Crippen LogP contribution in [0.25, 0.3) is 16.6 Å². The number of hydrogen-bond acceptors (Lipinski definition) is 6. The molecule has 0 unspecified atom stereocenters. The predicted octanol–water partition coefficient (Wildman–Crippen LogP) is 3.09. The molecule has 3 aromatic rings. The van der Waals surface area contributed by atoms with Crippen molar-refractivity contribution in [3.05, 3.63) is 58.4 Å². The summed E-state index contributed by atoms with van der Waals surface area (Å²) < 4.78 is 12.6. The summed E-state index contributed by atoms with van der Waals surface area (Å²) in [4.78, 5) is 30.5. The molecule has 1 aromatic heterocycles. The van der Waals surface area contributed by atoms with E-state index >= 15 is 0 Å². The van der Waals surface area contributed by atoms with Gasteiger partial charge in [-0.2, -0.15) is 0 Å². The van der Waals surface area contributed by atoms with E-state index in [4.69, 9.17) is 14.5 Å². The van der Waals surface area contributed by atoms with E-state index in [1.807, 2.05) is 37.3 Å². The topological polar surface area (TPSA) is 82.4 Å².